The van der Waals surface area contributed by atoms with E-state index in [2.05, 4.69) is 9.88 Å². The molecule has 0 saturated carbocycles. The van der Waals surface area contributed by atoms with Crippen molar-refractivity contribution in [2.45, 2.75) is 24.4 Å². The van der Waals surface area contributed by atoms with Crippen molar-refractivity contribution in [3.63, 3.8) is 0 Å². The van der Waals surface area contributed by atoms with E-state index in [1.807, 2.05) is 44.3 Å². The third kappa shape index (κ3) is 3.99. The molecule has 1 aromatic heterocycles. The van der Waals surface area contributed by atoms with Crippen molar-refractivity contribution < 1.29 is 23.8 Å². The summed E-state index contributed by atoms with van der Waals surface area (Å²) in [7, 11) is 1.98. The normalized spacial score (nSPS) is 17.1. The lowest BCUT2D eigenvalue weighted by molar-refractivity contribution is -0.125. The van der Waals surface area contributed by atoms with Gasteiger partial charge < -0.3 is 24.1 Å². The van der Waals surface area contributed by atoms with Crippen LogP contribution in [-0.2, 0) is 21.4 Å². The van der Waals surface area contributed by atoms with E-state index in [1.165, 1.54) is 11.8 Å². The van der Waals surface area contributed by atoms with Crippen molar-refractivity contribution >= 4 is 40.2 Å². The third-order valence-corrected chi connectivity index (χ3v) is 7.23. The van der Waals surface area contributed by atoms with Crippen LogP contribution < -0.4 is 19.7 Å². The van der Waals surface area contributed by atoms with Crippen LogP contribution in [0.25, 0.3) is 10.9 Å². The summed E-state index contributed by atoms with van der Waals surface area (Å²) in [5, 5.41) is 4.92. The minimum atomic E-state index is -0.823. The predicted molar refractivity (Wildman–Crippen MR) is 131 cm³/mol. The van der Waals surface area contributed by atoms with Gasteiger partial charge in [-0.15, -0.1) is 0 Å². The number of fused-ring (bicyclic) bond motifs is 4. The number of aromatic nitrogens is 1. The summed E-state index contributed by atoms with van der Waals surface area (Å²) in [5.41, 5.74) is 2.47. The minimum absolute atomic E-state index is 0.139. The first-order chi connectivity index (χ1) is 16.6. The summed E-state index contributed by atoms with van der Waals surface area (Å²) in [4.78, 5) is 28.8. The Kier molecular flexibility index (Phi) is 6.38. The summed E-state index contributed by atoms with van der Waals surface area (Å²) in [6.07, 6.45) is 0.696. The molecule has 0 saturated heterocycles. The van der Waals surface area contributed by atoms with E-state index >= 15 is 0 Å². The second-order valence-corrected chi connectivity index (χ2v) is 9.09. The second kappa shape index (κ2) is 9.60. The Bertz CT molecular complexity index is 1240. The highest BCUT2D eigenvalue weighted by atomic mass is 32.2. The molecule has 2 amide bonds. The maximum atomic E-state index is 13.7. The minimum Gasteiger partial charge on any atom is -0.454 e. The summed E-state index contributed by atoms with van der Waals surface area (Å²) in [6, 6.07) is 12.5. The molecule has 2 aromatic carbocycles. The van der Waals surface area contributed by atoms with E-state index in [9.17, 15) is 9.59 Å². The van der Waals surface area contributed by atoms with E-state index in [0.29, 0.717) is 43.4 Å². The molecule has 0 fully saturated rings. The van der Waals surface area contributed by atoms with Crippen LogP contribution in [0.5, 0.6) is 11.5 Å². The number of nitrogens with one attached hydrogen (secondary N) is 1. The van der Waals surface area contributed by atoms with Crippen LogP contribution in [0, 0.1) is 0 Å². The Hall–Kier alpha value is -3.17. The first-order valence-electron chi connectivity index (χ1n) is 11.4. The zero-order chi connectivity index (χ0) is 23.7. The van der Waals surface area contributed by atoms with Gasteiger partial charge in [-0.25, -0.2) is 0 Å². The summed E-state index contributed by atoms with van der Waals surface area (Å²) >= 11 is 1.47. The molecule has 8 nitrogen and oxygen atoms in total. The number of ether oxygens (including phenoxy) is 3. The average molecular weight is 482 g/mol. The van der Waals surface area contributed by atoms with Crippen LogP contribution in [0.4, 0.5) is 5.69 Å². The van der Waals surface area contributed by atoms with Crippen molar-refractivity contribution in [2.75, 3.05) is 37.2 Å². The van der Waals surface area contributed by atoms with Crippen LogP contribution in [0.2, 0.25) is 0 Å². The molecule has 2 aliphatic rings. The van der Waals surface area contributed by atoms with Gasteiger partial charge in [-0.2, -0.15) is 0 Å². The fourth-order valence-corrected chi connectivity index (χ4v) is 5.58. The third-order valence-electron chi connectivity index (χ3n) is 6.07. The molecule has 0 radical (unpaired) electrons. The number of thioether (sulfide) groups is 1. The molecule has 3 aromatic rings. The van der Waals surface area contributed by atoms with Crippen molar-refractivity contribution in [1.29, 1.82) is 0 Å². The average Bonchev–Trinajstić information content (AvgIpc) is 3.38. The molecule has 3 heterocycles. The van der Waals surface area contributed by atoms with Gasteiger partial charge in [0.1, 0.15) is 6.04 Å². The largest absolute Gasteiger partial charge is 0.454 e. The molecule has 0 unspecified atom stereocenters. The topological polar surface area (TPSA) is 82.0 Å². The maximum absolute atomic E-state index is 13.7. The molecule has 2 aliphatic heterocycles. The van der Waals surface area contributed by atoms with Gasteiger partial charge >= 0.3 is 0 Å². The van der Waals surface area contributed by atoms with E-state index in [1.54, 1.807) is 17.0 Å². The molecule has 0 bridgehead atoms. The highest BCUT2D eigenvalue weighted by Gasteiger charge is 2.40. The number of rotatable bonds is 7. The van der Waals surface area contributed by atoms with Crippen molar-refractivity contribution in [2.24, 2.45) is 7.05 Å². The standard InChI is InChI=1S/C25H27N3O5S/c1-3-31-12-6-11-26-24(30)23-22-17-7-4-5-8-18(17)27(2)25(22)34-14-21(29)28(23)16-9-10-19-20(13-16)33-15-32-19/h4-5,7-10,13,23H,3,6,11-12,14-15H2,1-2H3,(H,26,30)/t23-/m1/s1. The van der Waals surface area contributed by atoms with Gasteiger partial charge in [0.15, 0.2) is 11.5 Å². The number of amides is 2. The summed E-state index contributed by atoms with van der Waals surface area (Å²) < 4.78 is 18.5. The van der Waals surface area contributed by atoms with Crippen molar-refractivity contribution in [3.05, 3.63) is 48.0 Å². The monoisotopic (exact) mass is 481 g/mol. The molecular weight excluding hydrogens is 454 g/mol. The van der Waals surface area contributed by atoms with Gasteiger partial charge in [-0.3, -0.25) is 14.5 Å². The number of benzene rings is 2. The first-order valence-corrected chi connectivity index (χ1v) is 12.4. The van der Waals surface area contributed by atoms with Crippen molar-refractivity contribution in [1.82, 2.24) is 9.88 Å². The Labute approximate surface area is 202 Å². The lowest BCUT2D eigenvalue weighted by atomic mass is 10.0. The quantitative estimate of drug-likeness (QED) is 0.519. The highest BCUT2D eigenvalue weighted by Crippen LogP contribution is 2.45. The zero-order valence-corrected chi connectivity index (χ0v) is 20.0. The smallest absolute Gasteiger partial charge is 0.247 e. The number of hydrogen-bond donors (Lipinski definition) is 1. The lowest BCUT2D eigenvalue weighted by Crippen LogP contribution is -2.44. The van der Waals surface area contributed by atoms with Gasteiger partial charge in [0.25, 0.3) is 0 Å². The zero-order valence-electron chi connectivity index (χ0n) is 19.2. The number of anilines is 1. The van der Waals surface area contributed by atoms with Crippen LogP contribution in [0.15, 0.2) is 47.5 Å². The Morgan fingerprint density at radius 2 is 2.03 bits per heavy atom. The van der Waals surface area contributed by atoms with Crippen LogP contribution >= 0.6 is 11.8 Å². The number of carbonyl (C=O) groups is 2. The van der Waals surface area contributed by atoms with E-state index < -0.39 is 6.04 Å². The molecular formula is C25H27N3O5S. The second-order valence-electron chi connectivity index (χ2n) is 8.13. The number of nitrogens with zero attached hydrogens (tertiary/aromatic N) is 2. The SMILES string of the molecule is CCOCCCNC(=O)[C@H]1c2c(n(C)c3ccccc23)SCC(=O)N1c1ccc2c(c1)OCO2. The Morgan fingerprint density at radius 1 is 1.21 bits per heavy atom. The van der Waals surface area contributed by atoms with Gasteiger partial charge in [0, 0.05) is 55.0 Å². The van der Waals surface area contributed by atoms with Crippen molar-refractivity contribution in [3.8, 4) is 11.5 Å². The predicted octanol–water partition coefficient (Wildman–Crippen LogP) is 3.63. The first kappa shape index (κ1) is 22.6. The van der Waals surface area contributed by atoms with E-state index in [-0.39, 0.29) is 24.4 Å². The van der Waals surface area contributed by atoms with E-state index in [0.717, 1.165) is 21.5 Å². The maximum Gasteiger partial charge on any atom is 0.247 e. The number of para-hydroxylation sites is 1. The van der Waals surface area contributed by atoms with Gasteiger partial charge in [-0.05, 0) is 31.5 Å². The number of hydrogen-bond acceptors (Lipinski definition) is 6. The number of carbonyl (C=O) groups excluding carboxylic acids is 2. The van der Waals surface area contributed by atoms with E-state index in [4.69, 9.17) is 14.2 Å². The van der Waals surface area contributed by atoms with Gasteiger partial charge in [0.2, 0.25) is 18.6 Å². The van der Waals surface area contributed by atoms with Crippen LogP contribution in [0.3, 0.4) is 0 Å². The van der Waals surface area contributed by atoms with Crippen LogP contribution in [0.1, 0.15) is 24.9 Å². The lowest BCUT2D eigenvalue weighted by Gasteiger charge is -2.30. The van der Waals surface area contributed by atoms with Crippen LogP contribution in [-0.4, -0.2) is 48.7 Å². The molecule has 5 rings (SSSR count). The molecule has 0 spiro atoms. The molecule has 34 heavy (non-hydrogen) atoms. The molecule has 1 atom stereocenters. The molecule has 1 N–H and O–H groups in total. The summed E-state index contributed by atoms with van der Waals surface area (Å²) in [6.45, 7) is 3.76. The fraction of sp³-hybridized carbons (Fsp3) is 0.360. The molecule has 178 valence electrons. The number of aryl methyl sites for hydroxylation is 1. The Morgan fingerprint density at radius 3 is 2.88 bits per heavy atom. The molecule has 0 aliphatic carbocycles. The summed E-state index contributed by atoms with van der Waals surface area (Å²) in [5.74, 6) is 1.06. The molecule has 9 heteroatoms. The van der Waals surface area contributed by atoms with Gasteiger partial charge in [0.05, 0.1) is 10.8 Å². The van der Waals surface area contributed by atoms with Gasteiger partial charge in [-0.1, -0.05) is 30.0 Å². The Balaban J connectivity index is 1.60. The fourth-order valence-electron chi connectivity index (χ4n) is 4.51. The highest BCUT2D eigenvalue weighted by molar-refractivity contribution is 8.00.